The van der Waals surface area contributed by atoms with Gasteiger partial charge in [-0.2, -0.15) is 0 Å². The highest BCUT2D eigenvalue weighted by molar-refractivity contribution is 7.09. The van der Waals surface area contributed by atoms with Gasteiger partial charge in [-0.1, -0.05) is 13.8 Å². The molecule has 130 valence electrons. The number of aryl methyl sites for hydroxylation is 2. The van der Waals surface area contributed by atoms with Crippen molar-refractivity contribution in [2.75, 3.05) is 26.2 Å². The monoisotopic (exact) mass is 336 g/mol. The Hall–Kier alpha value is -1.10. The van der Waals surface area contributed by atoms with Gasteiger partial charge in [0.05, 0.1) is 5.01 Å². The molecular weight excluding hydrogens is 304 g/mol. The third-order valence-corrected chi connectivity index (χ3v) is 5.23. The Morgan fingerprint density at radius 2 is 2.35 bits per heavy atom. The highest BCUT2D eigenvalue weighted by Gasteiger charge is 2.25. The van der Waals surface area contributed by atoms with Gasteiger partial charge >= 0.3 is 0 Å². The van der Waals surface area contributed by atoms with Gasteiger partial charge < -0.3 is 10.2 Å². The molecule has 2 rings (SSSR count). The van der Waals surface area contributed by atoms with Crippen molar-refractivity contribution in [3.63, 3.8) is 0 Å². The minimum atomic E-state index is 0.793. The summed E-state index contributed by atoms with van der Waals surface area (Å²) in [6.45, 7) is 13.0. The van der Waals surface area contributed by atoms with E-state index in [-0.39, 0.29) is 0 Å². The maximum absolute atomic E-state index is 4.84. The zero-order valence-electron chi connectivity index (χ0n) is 15.1. The molecule has 0 saturated carbocycles. The van der Waals surface area contributed by atoms with Crippen molar-refractivity contribution in [3.05, 3.63) is 16.1 Å². The van der Waals surface area contributed by atoms with Gasteiger partial charge in [-0.25, -0.2) is 4.98 Å². The molecule has 1 N–H and O–H groups in total. The summed E-state index contributed by atoms with van der Waals surface area (Å²) in [5, 5.41) is 6.83. The quantitative estimate of drug-likeness (QED) is 0.469. The van der Waals surface area contributed by atoms with Crippen LogP contribution in [0.3, 0.4) is 0 Å². The highest BCUT2D eigenvalue weighted by atomic mass is 32.1. The Labute approximate surface area is 145 Å². The summed E-state index contributed by atoms with van der Waals surface area (Å²) in [6.07, 6.45) is 4.75. The van der Waals surface area contributed by atoms with Crippen LogP contribution >= 0.6 is 11.3 Å². The Morgan fingerprint density at radius 1 is 1.52 bits per heavy atom. The number of hydrogen-bond acceptors (Lipinski definition) is 3. The predicted octanol–water partition coefficient (Wildman–Crippen LogP) is 3.72. The molecule has 0 bridgehead atoms. The van der Waals surface area contributed by atoms with Crippen LogP contribution in [0.25, 0.3) is 0 Å². The normalized spacial score (nSPS) is 18.9. The first-order valence-electron chi connectivity index (χ1n) is 9.02. The average Bonchev–Trinajstić information content (AvgIpc) is 3.11. The fourth-order valence-corrected chi connectivity index (χ4v) is 4.06. The predicted molar refractivity (Wildman–Crippen MR) is 100 cm³/mol. The van der Waals surface area contributed by atoms with Gasteiger partial charge in [-0.15, -0.1) is 11.3 Å². The van der Waals surface area contributed by atoms with Crippen molar-refractivity contribution in [3.8, 4) is 0 Å². The number of aliphatic imine (C=N–C) groups is 1. The molecule has 0 amide bonds. The molecule has 1 aromatic heterocycles. The second-order valence-electron chi connectivity index (χ2n) is 6.95. The molecular formula is C18H32N4S. The molecule has 2 heterocycles. The molecule has 5 heteroatoms. The Morgan fingerprint density at radius 3 is 3.00 bits per heavy atom. The smallest absolute Gasteiger partial charge is 0.193 e. The minimum Gasteiger partial charge on any atom is -0.357 e. The van der Waals surface area contributed by atoms with Crippen molar-refractivity contribution in [1.29, 1.82) is 0 Å². The van der Waals surface area contributed by atoms with Gasteiger partial charge in [0.25, 0.3) is 0 Å². The fourth-order valence-electron chi connectivity index (χ4n) is 3.24. The van der Waals surface area contributed by atoms with Crippen molar-refractivity contribution >= 4 is 17.3 Å². The van der Waals surface area contributed by atoms with E-state index < -0.39 is 0 Å². The van der Waals surface area contributed by atoms with Crippen LogP contribution in [0.15, 0.2) is 10.4 Å². The molecule has 0 spiro atoms. The fraction of sp³-hybridized carbons (Fsp3) is 0.778. The van der Waals surface area contributed by atoms with Gasteiger partial charge in [0, 0.05) is 43.7 Å². The summed E-state index contributed by atoms with van der Waals surface area (Å²) in [5.74, 6) is 2.73. The van der Waals surface area contributed by atoms with E-state index in [0.717, 1.165) is 62.5 Å². The van der Waals surface area contributed by atoms with Crippen molar-refractivity contribution in [2.45, 2.75) is 53.4 Å². The number of hydrogen-bond donors (Lipinski definition) is 1. The number of nitrogens with zero attached hydrogens (tertiary/aromatic N) is 3. The van der Waals surface area contributed by atoms with Crippen LogP contribution in [-0.4, -0.2) is 42.0 Å². The van der Waals surface area contributed by atoms with Gasteiger partial charge in [0.15, 0.2) is 5.96 Å². The van der Waals surface area contributed by atoms with E-state index in [9.17, 15) is 0 Å². The van der Waals surface area contributed by atoms with Crippen LogP contribution in [0.2, 0.25) is 0 Å². The number of rotatable bonds is 7. The molecule has 0 radical (unpaired) electrons. The van der Waals surface area contributed by atoms with Crippen molar-refractivity contribution < 1.29 is 0 Å². The van der Waals surface area contributed by atoms with E-state index in [0.29, 0.717) is 0 Å². The summed E-state index contributed by atoms with van der Waals surface area (Å²) < 4.78 is 0. The molecule has 0 aromatic carbocycles. The lowest BCUT2D eigenvalue weighted by atomic mass is 9.97. The molecule has 1 saturated heterocycles. The van der Waals surface area contributed by atoms with Gasteiger partial charge in [-0.05, 0) is 44.9 Å². The third kappa shape index (κ3) is 6.13. The number of guanidine groups is 1. The molecule has 23 heavy (non-hydrogen) atoms. The maximum Gasteiger partial charge on any atom is 0.193 e. The lowest BCUT2D eigenvalue weighted by Gasteiger charge is -2.22. The molecule has 1 aliphatic rings. The molecule has 1 fully saturated rings. The Kier molecular flexibility index (Phi) is 7.34. The number of aromatic nitrogens is 1. The van der Waals surface area contributed by atoms with E-state index in [1.165, 1.54) is 17.8 Å². The molecule has 1 atom stereocenters. The van der Waals surface area contributed by atoms with Crippen LogP contribution in [0.5, 0.6) is 0 Å². The molecule has 1 aliphatic heterocycles. The summed E-state index contributed by atoms with van der Waals surface area (Å²) in [6, 6.07) is 0. The van der Waals surface area contributed by atoms with E-state index in [1.54, 1.807) is 11.3 Å². The first-order chi connectivity index (χ1) is 11.1. The van der Waals surface area contributed by atoms with Crippen molar-refractivity contribution in [1.82, 2.24) is 15.2 Å². The Balaban J connectivity index is 1.80. The summed E-state index contributed by atoms with van der Waals surface area (Å²) >= 11 is 1.76. The zero-order valence-corrected chi connectivity index (χ0v) is 16.0. The van der Waals surface area contributed by atoms with Gasteiger partial charge in [0.1, 0.15) is 0 Å². The van der Waals surface area contributed by atoms with E-state index >= 15 is 0 Å². The lowest BCUT2D eigenvalue weighted by molar-refractivity contribution is 0.403. The maximum atomic E-state index is 4.84. The average molecular weight is 337 g/mol. The first-order valence-corrected chi connectivity index (χ1v) is 9.90. The van der Waals surface area contributed by atoms with Crippen LogP contribution < -0.4 is 5.32 Å². The minimum absolute atomic E-state index is 0.793. The number of nitrogens with one attached hydrogen (secondary N) is 1. The number of likely N-dealkylation sites (tertiary alicyclic amines) is 1. The highest BCUT2D eigenvalue weighted by Crippen LogP contribution is 2.23. The second kappa shape index (κ2) is 9.26. The van der Waals surface area contributed by atoms with Crippen molar-refractivity contribution in [2.24, 2.45) is 16.8 Å². The van der Waals surface area contributed by atoms with Crippen LogP contribution in [0.4, 0.5) is 0 Å². The van der Waals surface area contributed by atoms with Crippen LogP contribution in [0, 0.1) is 18.8 Å². The second-order valence-corrected chi connectivity index (χ2v) is 7.89. The molecule has 1 aromatic rings. The molecule has 1 unspecified atom stereocenters. The third-order valence-electron chi connectivity index (χ3n) is 4.20. The van der Waals surface area contributed by atoms with Gasteiger partial charge in [-0.3, -0.25) is 4.99 Å². The van der Waals surface area contributed by atoms with E-state index in [2.05, 4.69) is 48.3 Å². The summed E-state index contributed by atoms with van der Waals surface area (Å²) in [5.41, 5.74) is 1.13. The van der Waals surface area contributed by atoms with Gasteiger partial charge in [0.2, 0.25) is 0 Å². The Bertz CT molecular complexity index is 495. The first kappa shape index (κ1) is 18.2. The lowest BCUT2D eigenvalue weighted by Crippen LogP contribution is -2.40. The van der Waals surface area contributed by atoms with Crippen LogP contribution in [-0.2, 0) is 6.42 Å². The molecule has 0 aliphatic carbocycles. The van der Waals surface area contributed by atoms with E-state index in [1.807, 2.05) is 0 Å². The number of thiazole rings is 1. The molecule has 4 nitrogen and oxygen atoms in total. The van der Waals surface area contributed by atoms with E-state index in [4.69, 9.17) is 4.99 Å². The zero-order chi connectivity index (χ0) is 16.7. The summed E-state index contributed by atoms with van der Waals surface area (Å²) in [7, 11) is 0. The largest absolute Gasteiger partial charge is 0.357 e. The van der Waals surface area contributed by atoms with Crippen LogP contribution in [0.1, 0.15) is 50.7 Å². The standard InChI is InChI=1S/C18H32N4S/c1-5-19-18(22-10-8-16(12-22)11-14(2)3)20-9-6-7-17-21-15(4)13-23-17/h13-14,16H,5-12H2,1-4H3,(H,19,20). The topological polar surface area (TPSA) is 40.5 Å². The SMILES string of the molecule is CCNC(=NCCCc1nc(C)cs1)N1CCC(CC(C)C)C1. The summed E-state index contributed by atoms with van der Waals surface area (Å²) in [4.78, 5) is 11.8.